The number of carbonyl (C=O) groups is 1. The molecule has 2 aliphatic rings. The number of carbonyl (C=O) groups excluding carboxylic acids is 1. The molecule has 0 bridgehead atoms. The van der Waals surface area contributed by atoms with Gasteiger partial charge >= 0.3 is 5.97 Å². The Kier molecular flexibility index (Phi) is 3.47. The van der Waals surface area contributed by atoms with Crippen molar-refractivity contribution in [3.8, 4) is 0 Å². The summed E-state index contributed by atoms with van der Waals surface area (Å²) in [5.74, 6) is -1.53. The van der Waals surface area contributed by atoms with Gasteiger partial charge in [-0.15, -0.1) is 0 Å². The van der Waals surface area contributed by atoms with Gasteiger partial charge in [0.05, 0.1) is 31.8 Å². The first-order valence-corrected chi connectivity index (χ1v) is 5.79. The van der Waals surface area contributed by atoms with Crippen LogP contribution in [0, 0.1) is 5.92 Å². The van der Waals surface area contributed by atoms with Crippen molar-refractivity contribution >= 4 is 5.97 Å². The van der Waals surface area contributed by atoms with Gasteiger partial charge in [-0.1, -0.05) is 0 Å². The summed E-state index contributed by atoms with van der Waals surface area (Å²) in [6, 6.07) is 0. The third-order valence-corrected chi connectivity index (χ3v) is 3.22. The molecule has 0 aromatic heterocycles. The zero-order valence-electron chi connectivity index (χ0n) is 9.48. The van der Waals surface area contributed by atoms with Gasteiger partial charge in [-0.3, -0.25) is 4.79 Å². The topological polar surface area (TPSA) is 65.0 Å². The average Bonchev–Trinajstić information content (AvgIpc) is 2.71. The summed E-state index contributed by atoms with van der Waals surface area (Å²) in [4.78, 5) is 11.7. The molecule has 1 aliphatic heterocycles. The van der Waals surface area contributed by atoms with Crippen molar-refractivity contribution in [3.05, 3.63) is 0 Å². The lowest BCUT2D eigenvalue weighted by molar-refractivity contribution is -0.209. The molecule has 16 heavy (non-hydrogen) atoms. The van der Waals surface area contributed by atoms with Crippen LogP contribution in [0.5, 0.6) is 0 Å². The summed E-state index contributed by atoms with van der Waals surface area (Å²) in [5.41, 5.74) is 0. The SMILES string of the molecule is CCOC(=O)C1CC2(CCC1O)OCCO2. The summed E-state index contributed by atoms with van der Waals surface area (Å²) in [6.45, 7) is 3.21. The number of aliphatic hydroxyl groups is 1. The number of hydrogen-bond donors (Lipinski definition) is 1. The van der Waals surface area contributed by atoms with Gasteiger partial charge in [-0.25, -0.2) is 0 Å². The maximum absolute atomic E-state index is 11.7. The molecule has 1 heterocycles. The molecule has 2 fully saturated rings. The lowest BCUT2D eigenvalue weighted by atomic mass is 9.82. The molecule has 1 N–H and O–H groups in total. The van der Waals surface area contributed by atoms with Crippen molar-refractivity contribution in [2.75, 3.05) is 19.8 Å². The number of hydrogen-bond acceptors (Lipinski definition) is 5. The monoisotopic (exact) mass is 230 g/mol. The van der Waals surface area contributed by atoms with E-state index in [-0.39, 0.29) is 5.97 Å². The third-order valence-electron chi connectivity index (χ3n) is 3.22. The molecule has 0 aromatic rings. The maximum atomic E-state index is 11.7. The molecule has 5 nitrogen and oxygen atoms in total. The van der Waals surface area contributed by atoms with Crippen molar-refractivity contribution < 1.29 is 24.1 Å². The predicted molar refractivity (Wildman–Crippen MR) is 54.6 cm³/mol. The van der Waals surface area contributed by atoms with Gasteiger partial charge in [0.15, 0.2) is 5.79 Å². The van der Waals surface area contributed by atoms with Crippen molar-refractivity contribution in [1.82, 2.24) is 0 Å². The first-order chi connectivity index (χ1) is 7.67. The maximum Gasteiger partial charge on any atom is 0.311 e. The van der Waals surface area contributed by atoms with E-state index < -0.39 is 17.8 Å². The fourth-order valence-corrected chi connectivity index (χ4v) is 2.39. The van der Waals surface area contributed by atoms with Gasteiger partial charge in [0.1, 0.15) is 0 Å². The highest BCUT2D eigenvalue weighted by molar-refractivity contribution is 5.73. The van der Waals surface area contributed by atoms with Crippen molar-refractivity contribution in [3.63, 3.8) is 0 Å². The second-order valence-corrected chi connectivity index (χ2v) is 4.28. The molecule has 1 spiro atoms. The molecule has 0 aromatic carbocycles. The summed E-state index contributed by atoms with van der Waals surface area (Å²) >= 11 is 0. The third kappa shape index (κ3) is 2.21. The van der Waals surface area contributed by atoms with E-state index in [1.165, 1.54) is 0 Å². The van der Waals surface area contributed by atoms with Crippen LogP contribution in [0.15, 0.2) is 0 Å². The van der Waals surface area contributed by atoms with Crippen molar-refractivity contribution in [2.24, 2.45) is 5.92 Å². The van der Waals surface area contributed by atoms with Crippen molar-refractivity contribution in [2.45, 2.75) is 38.1 Å². The van der Waals surface area contributed by atoms with Gasteiger partial charge in [-0.2, -0.15) is 0 Å². The minimum absolute atomic E-state index is 0.330. The Bertz CT molecular complexity index is 259. The van der Waals surface area contributed by atoms with Gasteiger partial charge in [-0.05, 0) is 13.3 Å². The van der Waals surface area contributed by atoms with Gasteiger partial charge in [0.2, 0.25) is 0 Å². The van der Waals surface area contributed by atoms with Gasteiger partial charge < -0.3 is 19.3 Å². The largest absolute Gasteiger partial charge is 0.466 e. The molecule has 2 unspecified atom stereocenters. The molecule has 1 saturated heterocycles. The van der Waals surface area contributed by atoms with E-state index in [4.69, 9.17) is 14.2 Å². The van der Waals surface area contributed by atoms with E-state index in [9.17, 15) is 9.90 Å². The normalized spacial score (nSPS) is 32.9. The highest BCUT2D eigenvalue weighted by Crippen LogP contribution is 2.39. The number of aliphatic hydroxyl groups excluding tert-OH is 1. The van der Waals surface area contributed by atoms with Gasteiger partial charge in [0.25, 0.3) is 0 Å². The summed E-state index contributed by atoms with van der Waals surface area (Å²) < 4.78 is 16.0. The van der Waals surface area contributed by atoms with Crippen LogP contribution in [0.4, 0.5) is 0 Å². The van der Waals surface area contributed by atoms with Crippen LogP contribution < -0.4 is 0 Å². The van der Waals surface area contributed by atoms with Crippen LogP contribution in [-0.2, 0) is 19.0 Å². The van der Waals surface area contributed by atoms with Crippen molar-refractivity contribution in [1.29, 1.82) is 0 Å². The molecule has 1 saturated carbocycles. The quantitative estimate of drug-likeness (QED) is 0.698. The lowest BCUT2D eigenvalue weighted by Gasteiger charge is -2.37. The molecular formula is C11H18O5. The Hall–Kier alpha value is -0.650. The number of rotatable bonds is 2. The Morgan fingerprint density at radius 2 is 2.19 bits per heavy atom. The first kappa shape index (κ1) is 11.8. The molecule has 0 radical (unpaired) electrons. The first-order valence-electron chi connectivity index (χ1n) is 5.79. The van der Waals surface area contributed by atoms with E-state index >= 15 is 0 Å². The van der Waals surface area contributed by atoms with Crippen LogP contribution >= 0.6 is 0 Å². The van der Waals surface area contributed by atoms with Crippen LogP contribution in [0.2, 0.25) is 0 Å². The Morgan fingerprint density at radius 3 is 2.81 bits per heavy atom. The average molecular weight is 230 g/mol. The van der Waals surface area contributed by atoms with Gasteiger partial charge in [0, 0.05) is 12.8 Å². The number of ether oxygens (including phenoxy) is 3. The number of esters is 1. The second kappa shape index (κ2) is 4.69. The standard InChI is InChI=1S/C11H18O5/c1-2-14-10(13)8-7-11(4-3-9(8)12)15-5-6-16-11/h8-9,12H,2-7H2,1H3. The Morgan fingerprint density at radius 1 is 1.50 bits per heavy atom. The minimum Gasteiger partial charge on any atom is -0.466 e. The van der Waals surface area contributed by atoms with E-state index in [0.717, 1.165) is 0 Å². The smallest absolute Gasteiger partial charge is 0.311 e. The van der Waals surface area contributed by atoms with Crippen LogP contribution in [0.1, 0.15) is 26.2 Å². The highest BCUT2D eigenvalue weighted by Gasteiger charge is 2.47. The zero-order chi connectivity index (χ0) is 11.6. The summed E-state index contributed by atoms with van der Waals surface area (Å²) in [7, 11) is 0. The Balaban J connectivity index is 2.02. The summed E-state index contributed by atoms with van der Waals surface area (Å²) in [5, 5.41) is 9.80. The lowest BCUT2D eigenvalue weighted by Crippen LogP contribution is -2.45. The minimum atomic E-state index is -0.656. The fourth-order valence-electron chi connectivity index (χ4n) is 2.39. The zero-order valence-corrected chi connectivity index (χ0v) is 9.48. The molecule has 1 aliphatic carbocycles. The van der Waals surface area contributed by atoms with E-state index in [1.54, 1.807) is 6.92 Å². The van der Waals surface area contributed by atoms with Crippen LogP contribution in [0.3, 0.4) is 0 Å². The Labute approximate surface area is 94.7 Å². The molecule has 92 valence electrons. The van der Waals surface area contributed by atoms with E-state index in [2.05, 4.69) is 0 Å². The molecule has 2 rings (SSSR count). The molecule has 2 atom stereocenters. The van der Waals surface area contributed by atoms with Crippen LogP contribution in [-0.4, -0.2) is 42.8 Å². The highest BCUT2D eigenvalue weighted by atomic mass is 16.7. The molecular weight excluding hydrogens is 212 g/mol. The van der Waals surface area contributed by atoms with E-state index in [1.807, 2.05) is 0 Å². The second-order valence-electron chi connectivity index (χ2n) is 4.28. The molecule has 0 amide bonds. The van der Waals surface area contributed by atoms with E-state index in [0.29, 0.717) is 39.1 Å². The predicted octanol–water partition coefficient (Wildman–Crippen LogP) is 0.454. The molecule has 5 heteroatoms. The fraction of sp³-hybridized carbons (Fsp3) is 0.909. The van der Waals surface area contributed by atoms with Crippen LogP contribution in [0.25, 0.3) is 0 Å². The summed E-state index contributed by atoms with van der Waals surface area (Å²) in [6.07, 6.45) is 0.915.